The molecule has 1 heterocycles. The van der Waals surface area contributed by atoms with Gasteiger partial charge in [0, 0.05) is 30.9 Å². The van der Waals surface area contributed by atoms with E-state index in [-0.39, 0.29) is 17.9 Å². The Labute approximate surface area is 163 Å². The Morgan fingerprint density at radius 2 is 1.96 bits per heavy atom. The van der Waals surface area contributed by atoms with Crippen LogP contribution in [0.1, 0.15) is 30.2 Å². The van der Waals surface area contributed by atoms with Crippen LogP contribution in [-0.2, 0) is 18.4 Å². The molecule has 6 heteroatoms. The fourth-order valence-electron chi connectivity index (χ4n) is 3.16. The number of amides is 1. The third-order valence-corrected chi connectivity index (χ3v) is 4.55. The van der Waals surface area contributed by atoms with Crippen molar-refractivity contribution >= 4 is 11.6 Å². The van der Waals surface area contributed by atoms with E-state index in [0.717, 1.165) is 28.5 Å². The number of halogens is 1. The summed E-state index contributed by atoms with van der Waals surface area (Å²) >= 11 is 0. The number of aryl methyl sites for hydroxylation is 2. The molecular formula is C22H21FN4O. The van der Waals surface area contributed by atoms with Gasteiger partial charge in [-0.2, -0.15) is 10.4 Å². The Bertz CT molecular complexity index is 1050. The third kappa shape index (κ3) is 4.09. The molecule has 0 radical (unpaired) electrons. The maximum Gasteiger partial charge on any atom is 0.227 e. The summed E-state index contributed by atoms with van der Waals surface area (Å²) in [5.41, 5.74) is 4.53. The van der Waals surface area contributed by atoms with Gasteiger partial charge < -0.3 is 4.90 Å². The number of carbonyl (C=O) groups is 1. The van der Waals surface area contributed by atoms with Crippen molar-refractivity contribution in [2.24, 2.45) is 7.05 Å². The summed E-state index contributed by atoms with van der Waals surface area (Å²) in [4.78, 5) is 14.0. The van der Waals surface area contributed by atoms with E-state index in [4.69, 9.17) is 5.26 Å². The third-order valence-electron chi connectivity index (χ3n) is 4.55. The highest BCUT2D eigenvalue weighted by atomic mass is 19.1. The van der Waals surface area contributed by atoms with Crippen molar-refractivity contribution in [3.05, 3.63) is 71.3 Å². The van der Waals surface area contributed by atoms with Gasteiger partial charge in [-0.3, -0.25) is 9.48 Å². The Morgan fingerprint density at radius 3 is 2.54 bits per heavy atom. The van der Waals surface area contributed by atoms with Gasteiger partial charge in [0.15, 0.2) is 0 Å². The van der Waals surface area contributed by atoms with Gasteiger partial charge in [0.05, 0.1) is 23.9 Å². The van der Waals surface area contributed by atoms with Crippen molar-refractivity contribution in [2.75, 3.05) is 4.90 Å². The first kappa shape index (κ1) is 19.3. The number of benzene rings is 2. The Hall–Kier alpha value is -3.46. The molecule has 1 amide bonds. The van der Waals surface area contributed by atoms with Gasteiger partial charge in [-0.1, -0.05) is 31.2 Å². The summed E-state index contributed by atoms with van der Waals surface area (Å²) in [6.45, 7) is 4.02. The van der Waals surface area contributed by atoms with Crippen molar-refractivity contribution in [2.45, 2.75) is 26.8 Å². The highest BCUT2D eigenvalue weighted by molar-refractivity contribution is 5.93. The second kappa shape index (κ2) is 8.05. The molecule has 142 valence electrons. The number of anilines is 1. The van der Waals surface area contributed by atoms with Crippen LogP contribution in [0.2, 0.25) is 0 Å². The highest BCUT2D eigenvalue weighted by Gasteiger charge is 2.17. The van der Waals surface area contributed by atoms with E-state index in [9.17, 15) is 9.18 Å². The molecule has 0 bridgehead atoms. The summed E-state index contributed by atoms with van der Waals surface area (Å²) in [5, 5.41) is 13.4. The zero-order chi connectivity index (χ0) is 20.3. The lowest BCUT2D eigenvalue weighted by molar-refractivity contribution is -0.118. The summed E-state index contributed by atoms with van der Waals surface area (Å²) in [6.07, 6.45) is 2.25. The van der Waals surface area contributed by atoms with Gasteiger partial charge >= 0.3 is 0 Å². The first-order valence-corrected chi connectivity index (χ1v) is 9.02. The fraction of sp³-hybridized carbons (Fsp3) is 0.227. The van der Waals surface area contributed by atoms with Gasteiger partial charge in [-0.15, -0.1) is 0 Å². The topological polar surface area (TPSA) is 61.9 Å². The van der Waals surface area contributed by atoms with E-state index in [1.54, 1.807) is 11.6 Å². The fourth-order valence-corrected chi connectivity index (χ4v) is 3.16. The van der Waals surface area contributed by atoms with Crippen molar-refractivity contribution in [1.29, 1.82) is 5.26 Å². The minimum atomic E-state index is -0.537. The van der Waals surface area contributed by atoms with Crippen LogP contribution in [-0.4, -0.2) is 15.7 Å². The lowest BCUT2D eigenvalue weighted by atomic mass is 10.0. The number of carbonyl (C=O) groups excluding carboxylic acids is 1. The molecule has 0 fully saturated rings. The highest BCUT2D eigenvalue weighted by Crippen LogP contribution is 2.25. The van der Waals surface area contributed by atoms with Crippen LogP contribution in [0.5, 0.6) is 0 Å². The predicted octanol–water partition coefficient (Wildman–Crippen LogP) is 4.35. The molecule has 3 rings (SSSR count). The molecule has 0 aliphatic heterocycles. The molecule has 0 N–H and O–H groups in total. The van der Waals surface area contributed by atoms with Crippen molar-refractivity contribution < 1.29 is 9.18 Å². The van der Waals surface area contributed by atoms with Gasteiger partial charge in [0.2, 0.25) is 5.91 Å². The first-order chi connectivity index (χ1) is 13.4. The smallest absolute Gasteiger partial charge is 0.227 e. The average Bonchev–Trinajstić information content (AvgIpc) is 3.03. The molecule has 1 aromatic heterocycles. The normalized spacial score (nSPS) is 10.5. The molecule has 0 saturated carbocycles. The SMILES string of the molecule is CCC(=O)N(Cc1ccc(-c2cn(C)nc2C)cc1)c1cc(F)cc(C#N)c1. The van der Waals surface area contributed by atoms with E-state index in [1.165, 1.54) is 17.0 Å². The summed E-state index contributed by atoms with van der Waals surface area (Å²) in [7, 11) is 1.88. The number of hydrogen-bond acceptors (Lipinski definition) is 3. The second-order valence-corrected chi connectivity index (χ2v) is 6.64. The molecule has 28 heavy (non-hydrogen) atoms. The maximum atomic E-state index is 13.9. The van der Waals surface area contributed by atoms with Gasteiger partial charge in [-0.05, 0) is 36.2 Å². The van der Waals surface area contributed by atoms with Gasteiger partial charge in [0.25, 0.3) is 0 Å². The van der Waals surface area contributed by atoms with E-state index in [1.807, 2.05) is 50.5 Å². The molecule has 0 unspecified atom stereocenters. The van der Waals surface area contributed by atoms with E-state index < -0.39 is 5.82 Å². The minimum Gasteiger partial charge on any atom is -0.308 e. The molecule has 0 spiro atoms. The average molecular weight is 376 g/mol. The Kier molecular flexibility index (Phi) is 5.55. The molecule has 0 atom stereocenters. The van der Waals surface area contributed by atoms with Crippen molar-refractivity contribution in [3.63, 3.8) is 0 Å². The molecule has 0 aliphatic rings. The standard InChI is InChI=1S/C22H21FN4O/c1-4-22(28)27(20-10-17(12-24)9-19(23)11-20)13-16-5-7-18(8-6-16)21-14-26(3)25-15(21)2/h5-11,14H,4,13H2,1-3H3. The Balaban J connectivity index is 1.90. The molecule has 2 aromatic carbocycles. The number of nitriles is 1. The molecule has 0 aliphatic carbocycles. The number of rotatable bonds is 5. The maximum absolute atomic E-state index is 13.9. The van der Waals surface area contributed by atoms with Crippen molar-refractivity contribution in [3.8, 4) is 17.2 Å². The van der Waals surface area contributed by atoms with Crippen LogP contribution in [0.25, 0.3) is 11.1 Å². The minimum absolute atomic E-state index is 0.137. The molecular weight excluding hydrogens is 355 g/mol. The van der Waals surface area contributed by atoms with E-state index in [0.29, 0.717) is 12.2 Å². The van der Waals surface area contributed by atoms with E-state index >= 15 is 0 Å². The van der Waals surface area contributed by atoms with Gasteiger partial charge in [0.1, 0.15) is 5.82 Å². The Morgan fingerprint density at radius 1 is 1.25 bits per heavy atom. The lowest BCUT2D eigenvalue weighted by Crippen LogP contribution is -2.29. The van der Waals surface area contributed by atoms with Gasteiger partial charge in [-0.25, -0.2) is 4.39 Å². The second-order valence-electron chi connectivity index (χ2n) is 6.64. The summed E-state index contributed by atoms with van der Waals surface area (Å²) < 4.78 is 15.6. The lowest BCUT2D eigenvalue weighted by Gasteiger charge is -2.23. The number of aromatic nitrogens is 2. The predicted molar refractivity (Wildman–Crippen MR) is 106 cm³/mol. The van der Waals surface area contributed by atoms with Crippen LogP contribution < -0.4 is 4.90 Å². The van der Waals surface area contributed by atoms with Crippen LogP contribution >= 0.6 is 0 Å². The van der Waals surface area contributed by atoms with E-state index in [2.05, 4.69) is 5.10 Å². The summed E-state index contributed by atoms with van der Waals surface area (Å²) in [6, 6.07) is 13.8. The molecule has 5 nitrogen and oxygen atoms in total. The zero-order valence-corrected chi connectivity index (χ0v) is 16.1. The number of nitrogens with zero attached hydrogens (tertiary/aromatic N) is 4. The number of hydrogen-bond donors (Lipinski definition) is 0. The van der Waals surface area contributed by atoms with Crippen LogP contribution in [0.15, 0.2) is 48.7 Å². The van der Waals surface area contributed by atoms with Crippen LogP contribution in [0.4, 0.5) is 10.1 Å². The van der Waals surface area contributed by atoms with Crippen LogP contribution in [0.3, 0.4) is 0 Å². The monoisotopic (exact) mass is 376 g/mol. The quantitative estimate of drug-likeness (QED) is 0.665. The first-order valence-electron chi connectivity index (χ1n) is 9.02. The molecule has 0 saturated heterocycles. The van der Waals surface area contributed by atoms with Crippen LogP contribution in [0, 0.1) is 24.1 Å². The summed E-state index contributed by atoms with van der Waals surface area (Å²) in [5.74, 6) is -0.674. The largest absolute Gasteiger partial charge is 0.308 e. The van der Waals surface area contributed by atoms with Crippen molar-refractivity contribution in [1.82, 2.24) is 9.78 Å². The zero-order valence-electron chi connectivity index (χ0n) is 16.1. The molecule has 3 aromatic rings.